The van der Waals surface area contributed by atoms with Crippen molar-refractivity contribution in [3.8, 4) is 0 Å². The lowest BCUT2D eigenvalue weighted by Crippen LogP contribution is -2.15. The molecule has 82 valence electrons. The molecular weight excluding hydrogens is 198 g/mol. The second-order valence-electron chi connectivity index (χ2n) is 4.60. The summed E-state index contributed by atoms with van der Waals surface area (Å²) in [5, 5.41) is 1.10. The zero-order valence-corrected chi connectivity index (χ0v) is 9.44. The molecule has 2 nitrogen and oxygen atoms in total. The van der Waals surface area contributed by atoms with E-state index >= 15 is 0 Å². The van der Waals surface area contributed by atoms with Gasteiger partial charge in [0.2, 0.25) is 0 Å². The standard InChI is InChI=1S/C14H15NO/c1-10(16)12-6-3-7-14-13(12)8-9-15(14)11-4-2-5-11/h3,6-9,11H,2,4-5H2,1H3. The molecule has 1 aliphatic carbocycles. The van der Waals surface area contributed by atoms with Crippen molar-refractivity contribution < 1.29 is 4.79 Å². The average molecular weight is 213 g/mol. The number of carbonyl (C=O) groups excluding carboxylic acids is 1. The van der Waals surface area contributed by atoms with Crippen LogP contribution in [0.15, 0.2) is 30.5 Å². The lowest BCUT2D eigenvalue weighted by molar-refractivity contribution is 0.101. The van der Waals surface area contributed by atoms with Gasteiger partial charge in [0.05, 0.1) is 0 Å². The van der Waals surface area contributed by atoms with E-state index in [2.05, 4.69) is 22.9 Å². The Balaban J connectivity index is 2.19. The summed E-state index contributed by atoms with van der Waals surface area (Å²) in [5.41, 5.74) is 2.05. The second-order valence-corrected chi connectivity index (χ2v) is 4.60. The van der Waals surface area contributed by atoms with Gasteiger partial charge in [-0.1, -0.05) is 12.1 Å². The molecule has 1 aliphatic rings. The van der Waals surface area contributed by atoms with Gasteiger partial charge in [0.15, 0.2) is 5.78 Å². The van der Waals surface area contributed by atoms with Crippen LogP contribution in [0, 0.1) is 0 Å². The molecule has 0 amide bonds. The van der Waals surface area contributed by atoms with Crippen LogP contribution in [-0.2, 0) is 0 Å². The van der Waals surface area contributed by atoms with E-state index < -0.39 is 0 Å². The third-order valence-electron chi connectivity index (χ3n) is 3.61. The molecule has 2 aromatic rings. The number of benzene rings is 1. The van der Waals surface area contributed by atoms with Crippen molar-refractivity contribution in [1.82, 2.24) is 4.57 Å². The Bertz CT molecular complexity index is 549. The molecule has 2 heteroatoms. The summed E-state index contributed by atoms with van der Waals surface area (Å²) in [6.45, 7) is 1.63. The monoisotopic (exact) mass is 213 g/mol. The molecule has 0 bridgehead atoms. The SMILES string of the molecule is CC(=O)c1cccc2c1ccn2C1CCC1. The molecule has 1 aromatic heterocycles. The quantitative estimate of drug-likeness (QED) is 0.699. The van der Waals surface area contributed by atoms with Crippen LogP contribution in [0.4, 0.5) is 0 Å². The number of rotatable bonds is 2. The van der Waals surface area contributed by atoms with Crippen LogP contribution in [0.25, 0.3) is 10.9 Å². The summed E-state index contributed by atoms with van der Waals surface area (Å²) in [4.78, 5) is 11.5. The van der Waals surface area contributed by atoms with Gasteiger partial charge in [-0.25, -0.2) is 0 Å². The van der Waals surface area contributed by atoms with E-state index in [0.29, 0.717) is 6.04 Å². The number of nitrogens with zero attached hydrogens (tertiary/aromatic N) is 1. The van der Waals surface area contributed by atoms with Crippen molar-refractivity contribution in [2.75, 3.05) is 0 Å². The zero-order chi connectivity index (χ0) is 11.1. The molecule has 0 atom stereocenters. The number of aromatic nitrogens is 1. The highest BCUT2D eigenvalue weighted by Gasteiger charge is 2.21. The lowest BCUT2D eigenvalue weighted by atomic mass is 9.93. The first-order valence-corrected chi connectivity index (χ1v) is 5.88. The highest BCUT2D eigenvalue weighted by molar-refractivity contribution is 6.06. The van der Waals surface area contributed by atoms with Crippen LogP contribution < -0.4 is 0 Å². The van der Waals surface area contributed by atoms with E-state index in [1.54, 1.807) is 6.92 Å². The summed E-state index contributed by atoms with van der Waals surface area (Å²) >= 11 is 0. The minimum atomic E-state index is 0.150. The molecule has 0 N–H and O–H groups in total. The molecule has 1 saturated carbocycles. The van der Waals surface area contributed by atoms with Gasteiger partial charge in [-0.15, -0.1) is 0 Å². The van der Waals surface area contributed by atoms with Crippen LogP contribution >= 0.6 is 0 Å². The Labute approximate surface area is 94.9 Å². The third-order valence-corrected chi connectivity index (χ3v) is 3.61. The topological polar surface area (TPSA) is 22.0 Å². The van der Waals surface area contributed by atoms with Gasteiger partial charge in [0, 0.05) is 28.7 Å². The van der Waals surface area contributed by atoms with Crippen molar-refractivity contribution in [3.05, 3.63) is 36.0 Å². The van der Waals surface area contributed by atoms with Gasteiger partial charge in [-0.05, 0) is 38.3 Å². The van der Waals surface area contributed by atoms with Crippen LogP contribution in [-0.4, -0.2) is 10.4 Å². The normalized spacial score (nSPS) is 16.3. The van der Waals surface area contributed by atoms with Crippen molar-refractivity contribution in [2.24, 2.45) is 0 Å². The summed E-state index contributed by atoms with van der Waals surface area (Å²) in [6, 6.07) is 8.73. The van der Waals surface area contributed by atoms with Gasteiger partial charge in [0.25, 0.3) is 0 Å². The van der Waals surface area contributed by atoms with E-state index in [4.69, 9.17) is 0 Å². The molecule has 1 aromatic carbocycles. The van der Waals surface area contributed by atoms with Crippen molar-refractivity contribution in [1.29, 1.82) is 0 Å². The number of hydrogen-bond donors (Lipinski definition) is 0. The van der Waals surface area contributed by atoms with Crippen molar-refractivity contribution >= 4 is 16.7 Å². The zero-order valence-electron chi connectivity index (χ0n) is 9.44. The summed E-state index contributed by atoms with van der Waals surface area (Å²) in [5.74, 6) is 0.150. The predicted molar refractivity (Wildman–Crippen MR) is 64.8 cm³/mol. The second kappa shape index (κ2) is 3.48. The Morgan fingerprint density at radius 2 is 2.12 bits per heavy atom. The molecule has 16 heavy (non-hydrogen) atoms. The fourth-order valence-electron chi connectivity index (χ4n) is 2.48. The first kappa shape index (κ1) is 9.64. The van der Waals surface area contributed by atoms with Gasteiger partial charge in [-0.2, -0.15) is 0 Å². The van der Waals surface area contributed by atoms with Crippen LogP contribution in [0.5, 0.6) is 0 Å². The van der Waals surface area contributed by atoms with Crippen molar-refractivity contribution in [3.63, 3.8) is 0 Å². The molecule has 0 aliphatic heterocycles. The molecule has 0 unspecified atom stereocenters. The Kier molecular flexibility index (Phi) is 2.10. The largest absolute Gasteiger partial charge is 0.344 e. The van der Waals surface area contributed by atoms with Crippen LogP contribution in [0.3, 0.4) is 0 Å². The molecule has 0 radical (unpaired) electrons. The molecule has 1 fully saturated rings. The minimum Gasteiger partial charge on any atom is -0.344 e. The van der Waals surface area contributed by atoms with E-state index in [9.17, 15) is 4.79 Å². The van der Waals surface area contributed by atoms with Gasteiger partial charge < -0.3 is 4.57 Å². The number of carbonyl (C=O) groups is 1. The number of fused-ring (bicyclic) bond motifs is 1. The highest BCUT2D eigenvalue weighted by Crippen LogP contribution is 2.35. The van der Waals surface area contributed by atoms with Gasteiger partial charge >= 0.3 is 0 Å². The fraction of sp³-hybridized carbons (Fsp3) is 0.357. The molecule has 0 spiro atoms. The van der Waals surface area contributed by atoms with Crippen LogP contribution in [0.2, 0.25) is 0 Å². The first-order valence-electron chi connectivity index (χ1n) is 5.88. The fourth-order valence-corrected chi connectivity index (χ4v) is 2.48. The summed E-state index contributed by atoms with van der Waals surface area (Å²) in [6.07, 6.45) is 6.00. The van der Waals surface area contributed by atoms with Gasteiger partial charge in [-0.3, -0.25) is 4.79 Å². The Morgan fingerprint density at radius 3 is 2.75 bits per heavy atom. The third kappa shape index (κ3) is 1.29. The number of Topliss-reactive ketones (excluding diaryl/α,β-unsaturated/α-hetero) is 1. The highest BCUT2D eigenvalue weighted by atomic mass is 16.1. The molecule has 1 heterocycles. The first-order chi connectivity index (χ1) is 7.77. The number of hydrogen-bond acceptors (Lipinski definition) is 1. The van der Waals surface area contributed by atoms with E-state index in [-0.39, 0.29) is 5.78 Å². The minimum absolute atomic E-state index is 0.150. The summed E-state index contributed by atoms with van der Waals surface area (Å²) < 4.78 is 2.32. The molecule has 3 rings (SSSR count). The van der Waals surface area contributed by atoms with E-state index in [1.165, 1.54) is 24.8 Å². The van der Waals surface area contributed by atoms with Gasteiger partial charge in [0.1, 0.15) is 0 Å². The molecule has 0 saturated heterocycles. The summed E-state index contributed by atoms with van der Waals surface area (Å²) in [7, 11) is 0. The maximum Gasteiger partial charge on any atom is 0.160 e. The van der Waals surface area contributed by atoms with Crippen LogP contribution in [0.1, 0.15) is 42.6 Å². The lowest BCUT2D eigenvalue weighted by Gasteiger charge is -2.28. The van der Waals surface area contributed by atoms with E-state index in [0.717, 1.165) is 10.9 Å². The Hall–Kier alpha value is -1.57. The Morgan fingerprint density at radius 1 is 1.31 bits per heavy atom. The average Bonchev–Trinajstić information content (AvgIpc) is 2.59. The smallest absolute Gasteiger partial charge is 0.160 e. The predicted octanol–water partition coefficient (Wildman–Crippen LogP) is 3.57. The maximum atomic E-state index is 11.5. The van der Waals surface area contributed by atoms with E-state index in [1.807, 2.05) is 12.1 Å². The maximum absolute atomic E-state index is 11.5. The van der Waals surface area contributed by atoms with Crippen molar-refractivity contribution in [2.45, 2.75) is 32.2 Å². The molecular formula is C14H15NO. The number of ketones is 1.